The number of rotatable bonds is 3. The summed E-state index contributed by atoms with van der Waals surface area (Å²) in [6.07, 6.45) is 6.37. The Labute approximate surface area is 133 Å². The molecule has 0 radical (unpaired) electrons. The van der Waals surface area contributed by atoms with E-state index in [9.17, 15) is 14.4 Å². The molecule has 1 N–H and O–H groups in total. The number of nitrogens with zero attached hydrogens (tertiary/aromatic N) is 2. The number of hydrogen-bond donors (Lipinski definition) is 1. The van der Waals surface area contributed by atoms with Crippen LogP contribution in [0.15, 0.2) is 59.8 Å². The average molecular weight is 309 g/mol. The fraction of sp³-hybridized carbons (Fsp3) is 0.176. The van der Waals surface area contributed by atoms with Crippen LogP contribution in [-0.4, -0.2) is 28.5 Å². The molecule has 1 aromatic carbocycles. The molecule has 6 nitrogen and oxygen atoms in total. The van der Waals surface area contributed by atoms with Gasteiger partial charge in [-0.25, -0.2) is 0 Å². The maximum absolute atomic E-state index is 12.4. The number of amides is 3. The first-order valence-corrected chi connectivity index (χ1v) is 7.24. The lowest BCUT2D eigenvalue weighted by Gasteiger charge is -2.28. The van der Waals surface area contributed by atoms with E-state index >= 15 is 0 Å². The molecular formula is C17H15N3O3. The molecule has 2 aliphatic rings. The van der Waals surface area contributed by atoms with Gasteiger partial charge in [-0.2, -0.15) is 4.99 Å². The molecule has 0 bridgehead atoms. The SMILES string of the molecule is CC(NC(=O)C1C(=O)N=C2C=CC=CN2C1=O)c1ccccc1. The number of hydrogen-bond acceptors (Lipinski definition) is 3. The molecule has 3 rings (SSSR count). The minimum Gasteiger partial charge on any atom is -0.348 e. The van der Waals surface area contributed by atoms with Crippen molar-refractivity contribution in [1.82, 2.24) is 10.2 Å². The van der Waals surface area contributed by atoms with Crippen molar-refractivity contribution in [3.05, 3.63) is 60.3 Å². The van der Waals surface area contributed by atoms with Crippen LogP contribution in [0.4, 0.5) is 0 Å². The van der Waals surface area contributed by atoms with Crippen molar-refractivity contribution in [2.45, 2.75) is 13.0 Å². The second-order valence-electron chi connectivity index (χ2n) is 5.29. The summed E-state index contributed by atoms with van der Waals surface area (Å²) >= 11 is 0. The van der Waals surface area contributed by atoms with Crippen molar-refractivity contribution in [2.75, 3.05) is 0 Å². The lowest BCUT2D eigenvalue weighted by molar-refractivity contribution is -0.144. The zero-order valence-electron chi connectivity index (χ0n) is 12.5. The number of allylic oxidation sites excluding steroid dienone is 2. The van der Waals surface area contributed by atoms with Gasteiger partial charge in [0.15, 0.2) is 5.92 Å². The van der Waals surface area contributed by atoms with Gasteiger partial charge in [-0.1, -0.05) is 36.4 Å². The number of benzene rings is 1. The van der Waals surface area contributed by atoms with Crippen LogP contribution in [-0.2, 0) is 14.4 Å². The van der Waals surface area contributed by atoms with E-state index in [-0.39, 0.29) is 11.9 Å². The molecule has 23 heavy (non-hydrogen) atoms. The smallest absolute Gasteiger partial charge is 0.269 e. The largest absolute Gasteiger partial charge is 0.348 e. The fourth-order valence-corrected chi connectivity index (χ4v) is 2.48. The number of carbonyl (C=O) groups is 3. The summed E-state index contributed by atoms with van der Waals surface area (Å²) in [5, 5.41) is 2.70. The van der Waals surface area contributed by atoms with Crippen molar-refractivity contribution < 1.29 is 14.4 Å². The van der Waals surface area contributed by atoms with Gasteiger partial charge in [-0.15, -0.1) is 0 Å². The van der Waals surface area contributed by atoms with E-state index in [1.165, 1.54) is 11.1 Å². The predicted molar refractivity (Wildman–Crippen MR) is 84.1 cm³/mol. The molecule has 2 atom stereocenters. The Morgan fingerprint density at radius 2 is 1.96 bits per heavy atom. The molecular weight excluding hydrogens is 294 g/mol. The summed E-state index contributed by atoms with van der Waals surface area (Å²) in [5.41, 5.74) is 0.890. The monoisotopic (exact) mass is 309 g/mol. The van der Waals surface area contributed by atoms with Crippen molar-refractivity contribution in [3.63, 3.8) is 0 Å². The fourth-order valence-electron chi connectivity index (χ4n) is 2.48. The second-order valence-corrected chi connectivity index (χ2v) is 5.29. The first-order chi connectivity index (χ1) is 11.1. The molecule has 2 aliphatic heterocycles. The Balaban J connectivity index is 1.78. The minimum atomic E-state index is -1.44. The number of amidine groups is 1. The van der Waals surface area contributed by atoms with E-state index in [1.54, 1.807) is 25.2 Å². The van der Waals surface area contributed by atoms with E-state index in [2.05, 4.69) is 10.3 Å². The first kappa shape index (κ1) is 14.9. The molecule has 3 amide bonds. The van der Waals surface area contributed by atoms with E-state index in [1.807, 2.05) is 30.3 Å². The molecule has 2 heterocycles. The van der Waals surface area contributed by atoms with Crippen LogP contribution in [0.3, 0.4) is 0 Å². The Morgan fingerprint density at radius 3 is 2.70 bits per heavy atom. The molecule has 0 fully saturated rings. The topological polar surface area (TPSA) is 78.8 Å². The van der Waals surface area contributed by atoms with Gasteiger partial charge in [0.2, 0.25) is 5.91 Å². The van der Waals surface area contributed by atoms with Crippen LogP contribution in [0, 0.1) is 5.92 Å². The summed E-state index contributed by atoms with van der Waals surface area (Å²) in [6.45, 7) is 1.79. The number of aliphatic imine (C=N–C) groups is 1. The molecule has 0 aliphatic carbocycles. The van der Waals surface area contributed by atoms with Crippen LogP contribution >= 0.6 is 0 Å². The first-order valence-electron chi connectivity index (χ1n) is 7.24. The minimum absolute atomic E-state index is 0.239. The lowest BCUT2D eigenvalue weighted by Crippen LogP contribution is -2.51. The number of carbonyl (C=O) groups excluding carboxylic acids is 3. The van der Waals surface area contributed by atoms with Gasteiger partial charge in [0.25, 0.3) is 11.8 Å². The van der Waals surface area contributed by atoms with Gasteiger partial charge in [-0.05, 0) is 24.6 Å². The van der Waals surface area contributed by atoms with Gasteiger partial charge in [0.1, 0.15) is 5.84 Å². The maximum atomic E-state index is 12.4. The number of nitrogens with one attached hydrogen (secondary N) is 1. The van der Waals surface area contributed by atoms with Crippen LogP contribution in [0.2, 0.25) is 0 Å². The third kappa shape index (κ3) is 2.83. The summed E-state index contributed by atoms with van der Waals surface area (Å²) < 4.78 is 0. The molecule has 0 saturated carbocycles. The third-order valence-corrected chi connectivity index (χ3v) is 3.71. The van der Waals surface area contributed by atoms with E-state index in [0.717, 1.165) is 5.56 Å². The second kappa shape index (κ2) is 6.00. The highest BCUT2D eigenvalue weighted by atomic mass is 16.2. The van der Waals surface area contributed by atoms with Crippen LogP contribution in [0.1, 0.15) is 18.5 Å². The van der Waals surface area contributed by atoms with Gasteiger partial charge >= 0.3 is 0 Å². The molecule has 6 heteroatoms. The van der Waals surface area contributed by atoms with Crippen LogP contribution in [0.5, 0.6) is 0 Å². The highest BCUT2D eigenvalue weighted by Gasteiger charge is 2.42. The summed E-state index contributed by atoms with van der Waals surface area (Å²) in [7, 11) is 0. The van der Waals surface area contributed by atoms with Gasteiger partial charge in [0, 0.05) is 6.20 Å². The van der Waals surface area contributed by atoms with Crippen molar-refractivity contribution in [1.29, 1.82) is 0 Å². The molecule has 1 aromatic rings. The van der Waals surface area contributed by atoms with Crippen molar-refractivity contribution >= 4 is 23.6 Å². The third-order valence-electron chi connectivity index (χ3n) is 3.71. The quantitative estimate of drug-likeness (QED) is 0.856. The highest BCUT2D eigenvalue weighted by Crippen LogP contribution is 2.19. The van der Waals surface area contributed by atoms with E-state index in [0.29, 0.717) is 0 Å². The zero-order valence-corrected chi connectivity index (χ0v) is 12.5. The van der Waals surface area contributed by atoms with Gasteiger partial charge in [-0.3, -0.25) is 19.3 Å². The Morgan fingerprint density at radius 1 is 1.22 bits per heavy atom. The summed E-state index contributed by atoms with van der Waals surface area (Å²) in [4.78, 5) is 41.9. The Hall–Kier alpha value is -3.02. The Bertz CT molecular complexity index is 750. The van der Waals surface area contributed by atoms with Crippen LogP contribution in [0.25, 0.3) is 0 Å². The highest BCUT2D eigenvalue weighted by molar-refractivity contribution is 6.27. The lowest BCUT2D eigenvalue weighted by atomic mass is 10.0. The van der Waals surface area contributed by atoms with Crippen molar-refractivity contribution in [2.24, 2.45) is 10.9 Å². The zero-order chi connectivity index (χ0) is 16.4. The molecule has 116 valence electrons. The van der Waals surface area contributed by atoms with Crippen molar-refractivity contribution in [3.8, 4) is 0 Å². The van der Waals surface area contributed by atoms with Gasteiger partial charge in [0.05, 0.1) is 6.04 Å². The molecule has 0 aromatic heterocycles. The normalized spacial score (nSPS) is 20.8. The summed E-state index contributed by atoms with van der Waals surface area (Å²) in [6, 6.07) is 9.01. The van der Waals surface area contributed by atoms with E-state index in [4.69, 9.17) is 0 Å². The Kier molecular flexibility index (Phi) is 3.89. The molecule has 0 spiro atoms. The summed E-state index contributed by atoms with van der Waals surface area (Å²) in [5.74, 6) is -3.16. The number of fused-ring (bicyclic) bond motifs is 1. The van der Waals surface area contributed by atoms with E-state index < -0.39 is 23.6 Å². The standard InChI is InChI=1S/C17H15N3O3/c1-11(12-7-3-2-4-8-12)18-15(21)14-16(22)19-13-9-5-6-10-20(13)17(14)23/h2-11,14H,1H3,(H,18,21). The predicted octanol–water partition coefficient (Wildman–Crippen LogP) is 1.33. The van der Waals surface area contributed by atoms with Crippen LogP contribution < -0.4 is 5.32 Å². The molecule has 0 saturated heterocycles. The van der Waals surface area contributed by atoms with Gasteiger partial charge < -0.3 is 5.32 Å². The molecule has 2 unspecified atom stereocenters. The average Bonchev–Trinajstić information content (AvgIpc) is 2.55. The maximum Gasteiger partial charge on any atom is 0.269 e.